The summed E-state index contributed by atoms with van der Waals surface area (Å²) in [6, 6.07) is 69.7. The fraction of sp³-hybridized carbons (Fsp3) is 0.0364. The van der Waals surface area contributed by atoms with Gasteiger partial charge in [0.05, 0.1) is 23.0 Å². The molecule has 3 nitrogen and oxygen atoms in total. The Morgan fingerprint density at radius 2 is 1.02 bits per heavy atom. The van der Waals surface area contributed by atoms with E-state index in [1.54, 1.807) is 0 Å². The van der Waals surface area contributed by atoms with Crippen LogP contribution in [0, 0.1) is 0 Å². The standard InChI is InChI=1S/C55H35N3S/c1-3-15-34(16-4-1)48-33-49(57-55(56-48)35-17-5-2-6-18-35)44-26-14-27-46-53(44)58-52(51-45-25-11-12-28-50(45)59-54(46)51)38-20-13-19-36(31-38)37-29-30-43-41-23-8-7-21-39(41)40-22-9-10-24-42(40)47(43)32-37/h1-32,48H,33H2. The van der Waals surface area contributed by atoms with Gasteiger partial charge in [-0.25, -0.2) is 9.98 Å². The molecular weight excluding hydrogens is 735 g/mol. The fourth-order valence-electron chi connectivity index (χ4n) is 9.20. The van der Waals surface area contributed by atoms with Crippen molar-refractivity contribution in [2.24, 2.45) is 9.98 Å². The van der Waals surface area contributed by atoms with Crippen LogP contribution >= 0.6 is 11.3 Å². The van der Waals surface area contributed by atoms with E-state index in [9.17, 15) is 0 Å². The number of amidine groups is 1. The average molecular weight is 770 g/mol. The number of nitrogens with zero attached hydrogens (tertiary/aromatic N) is 3. The number of para-hydroxylation sites is 1. The zero-order chi connectivity index (χ0) is 38.9. The van der Waals surface area contributed by atoms with Crippen LogP contribution in [0.25, 0.3) is 85.8 Å². The van der Waals surface area contributed by atoms with Gasteiger partial charge in [0.15, 0.2) is 5.84 Å². The molecule has 0 spiro atoms. The fourth-order valence-corrected chi connectivity index (χ4v) is 10.4. The van der Waals surface area contributed by atoms with Crippen LogP contribution in [-0.4, -0.2) is 16.5 Å². The zero-order valence-electron chi connectivity index (χ0n) is 32.0. The van der Waals surface area contributed by atoms with Crippen molar-refractivity contribution < 1.29 is 0 Å². The summed E-state index contributed by atoms with van der Waals surface area (Å²) in [7, 11) is 0. The van der Waals surface area contributed by atoms with Crippen molar-refractivity contribution >= 4 is 86.3 Å². The second-order valence-corrected chi connectivity index (χ2v) is 16.5. The first-order valence-electron chi connectivity index (χ1n) is 20.2. The molecule has 0 bridgehead atoms. The molecule has 1 aliphatic rings. The molecule has 0 amide bonds. The predicted octanol–water partition coefficient (Wildman–Crippen LogP) is 14.8. The topological polar surface area (TPSA) is 37.6 Å². The van der Waals surface area contributed by atoms with Crippen LogP contribution < -0.4 is 0 Å². The van der Waals surface area contributed by atoms with Gasteiger partial charge >= 0.3 is 0 Å². The zero-order valence-corrected chi connectivity index (χ0v) is 32.8. The number of thiophene rings is 1. The third kappa shape index (κ3) is 5.60. The van der Waals surface area contributed by atoms with Crippen molar-refractivity contribution in [2.75, 3.05) is 0 Å². The number of hydrogen-bond donors (Lipinski definition) is 0. The third-order valence-corrected chi connectivity index (χ3v) is 13.2. The molecule has 11 aromatic rings. The second kappa shape index (κ2) is 13.7. The normalized spacial score (nSPS) is 14.4. The molecule has 59 heavy (non-hydrogen) atoms. The molecule has 0 fully saturated rings. The van der Waals surface area contributed by atoms with Gasteiger partial charge in [-0.15, -0.1) is 11.3 Å². The molecule has 276 valence electrons. The summed E-state index contributed by atoms with van der Waals surface area (Å²) < 4.78 is 2.50. The van der Waals surface area contributed by atoms with Gasteiger partial charge in [0.1, 0.15) is 0 Å². The molecule has 4 heteroatoms. The maximum atomic E-state index is 5.71. The highest BCUT2D eigenvalue weighted by atomic mass is 32.1. The van der Waals surface area contributed by atoms with Crippen LogP contribution in [0.15, 0.2) is 204 Å². The maximum absolute atomic E-state index is 5.71. The Kier molecular flexibility index (Phi) is 7.85. The molecular formula is C55H35N3S. The van der Waals surface area contributed by atoms with E-state index in [0.717, 1.165) is 50.4 Å². The summed E-state index contributed by atoms with van der Waals surface area (Å²) in [6.07, 6.45) is 0.683. The van der Waals surface area contributed by atoms with Crippen LogP contribution in [0.2, 0.25) is 0 Å². The minimum Gasteiger partial charge on any atom is -0.258 e. The largest absolute Gasteiger partial charge is 0.258 e. The van der Waals surface area contributed by atoms with Gasteiger partial charge < -0.3 is 0 Å². The lowest BCUT2D eigenvalue weighted by Gasteiger charge is -2.22. The summed E-state index contributed by atoms with van der Waals surface area (Å²) in [6.45, 7) is 0. The summed E-state index contributed by atoms with van der Waals surface area (Å²) in [4.78, 5) is 16.3. The van der Waals surface area contributed by atoms with Crippen LogP contribution in [0.5, 0.6) is 0 Å². The lowest BCUT2D eigenvalue weighted by Crippen LogP contribution is -2.18. The number of aliphatic imine (C=N–C) groups is 2. The average Bonchev–Trinajstić information content (AvgIpc) is 3.72. The van der Waals surface area contributed by atoms with Gasteiger partial charge in [0.25, 0.3) is 0 Å². The first-order valence-corrected chi connectivity index (χ1v) is 21.0. The van der Waals surface area contributed by atoms with Crippen LogP contribution in [-0.2, 0) is 0 Å². The Bertz CT molecular complexity index is 3490. The first kappa shape index (κ1) is 33.8. The molecule has 0 N–H and O–H groups in total. The van der Waals surface area contributed by atoms with Crippen molar-refractivity contribution in [3.63, 3.8) is 0 Å². The summed E-state index contributed by atoms with van der Waals surface area (Å²) in [5.74, 6) is 0.754. The van der Waals surface area contributed by atoms with E-state index in [4.69, 9.17) is 15.0 Å². The summed E-state index contributed by atoms with van der Waals surface area (Å²) in [5.41, 5.74) is 9.65. The van der Waals surface area contributed by atoms with Crippen LogP contribution in [0.4, 0.5) is 0 Å². The summed E-state index contributed by atoms with van der Waals surface area (Å²) >= 11 is 1.85. The highest BCUT2D eigenvalue weighted by molar-refractivity contribution is 7.26. The highest BCUT2D eigenvalue weighted by Crippen LogP contribution is 2.45. The SMILES string of the molecule is c1ccc(C2=NC(c3ccccc3)CC(c3cccc4c3nc(-c3cccc(-c5ccc6c7ccccc7c7ccccc7c6c5)c3)c3c5ccccc5sc43)=N2)cc1. The number of fused-ring (bicyclic) bond motifs is 11. The van der Waals surface area contributed by atoms with Crippen molar-refractivity contribution in [1.82, 2.24) is 4.98 Å². The number of benzene rings is 9. The number of pyridine rings is 1. The predicted molar refractivity (Wildman–Crippen MR) is 251 cm³/mol. The quantitative estimate of drug-likeness (QED) is 0.161. The first-order chi connectivity index (χ1) is 29.2. The van der Waals surface area contributed by atoms with Gasteiger partial charge in [-0.1, -0.05) is 176 Å². The molecule has 2 aromatic heterocycles. The van der Waals surface area contributed by atoms with Gasteiger partial charge in [0.2, 0.25) is 0 Å². The number of rotatable bonds is 5. The van der Waals surface area contributed by atoms with Crippen molar-refractivity contribution in [2.45, 2.75) is 12.5 Å². The van der Waals surface area contributed by atoms with Crippen LogP contribution in [0.3, 0.4) is 0 Å². The van der Waals surface area contributed by atoms with Crippen LogP contribution in [0.1, 0.15) is 29.2 Å². The molecule has 0 saturated carbocycles. The van der Waals surface area contributed by atoms with Gasteiger partial charge in [-0.05, 0) is 67.2 Å². The van der Waals surface area contributed by atoms with Gasteiger partial charge in [0, 0.05) is 48.7 Å². The lowest BCUT2D eigenvalue weighted by atomic mass is 9.91. The Hall–Kier alpha value is -7.27. The maximum Gasteiger partial charge on any atom is 0.155 e. The smallest absolute Gasteiger partial charge is 0.155 e. The van der Waals surface area contributed by atoms with Crippen molar-refractivity contribution in [1.29, 1.82) is 0 Å². The third-order valence-electron chi connectivity index (χ3n) is 12.0. The van der Waals surface area contributed by atoms with Crippen molar-refractivity contribution in [3.05, 3.63) is 211 Å². The molecule has 9 aromatic carbocycles. The van der Waals surface area contributed by atoms with Gasteiger partial charge in [-0.3, -0.25) is 4.99 Å². The summed E-state index contributed by atoms with van der Waals surface area (Å²) in [5, 5.41) is 11.2. The van der Waals surface area contributed by atoms with E-state index in [1.807, 2.05) is 17.4 Å². The van der Waals surface area contributed by atoms with E-state index in [1.165, 1.54) is 63.6 Å². The van der Waals surface area contributed by atoms with E-state index in [-0.39, 0.29) is 6.04 Å². The highest BCUT2D eigenvalue weighted by Gasteiger charge is 2.25. The number of hydrogen-bond acceptors (Lipinski definition) is 4. The molecule has 0 aliphatic carbocycles. The molecule has 12 rings (SSSR count). The Labute approximate surface area is 345 Å². The molecule has 1 atom stereocenters. The van der Waals surface area contributed by atoms with E-state index < -0.39 is 0 Å². The monoisotopic (exact) mass is 769 g/mol. The van der Waals surface area contributed by atoms with E-state index in [0.29, 0.717) is 6.42 Å². The Balaban J connectivity index is 1.06. The second-order valence-electron chi connectivity index (χ2n) is 15.4. The Morgan fingerprint density at radius 1 is 0.441 bits per heavy atom. The minimum atomic E-state index is -0.0598. The lowest BCUT2D eigenvalue weighted by molar-refractivity contribution is 0.754. The Morgan fingerprint density at radius 3 is 1.78 bits per heavy atom. The molecule has 1 aliphatic heterocycles. The van der Waals surface area contributed by atoms with Gasteiger partial charge in [-0.2, -0.15) is 0 Å². The van der Waals surface area contributed by atoms with Crippen molar-refractivity contribution in [3.8, 4) is 22.4 Å². The molecule has 3 heterocycles. The minimum absolute atomic E-state index is 0.0598. The molecule has 0 radical (unpaired) electrons. The molecule has 1 unspecified atom stereocenters. The van der Waals surface area contributed by atoms with E-state index >= 15 is 0 Å². The number of aromatic nitrogens is 1. The van der Waals surface area contributed by atoms with E-state index in [2.05, 4.69) is 188 Å². The molecule has 0 saturated heterocycles.